The smallest absolute Gasteiger partial charge is 0.0623 e. The second-order valence-electron chi connectivity index (χ2n) is 5.40. The molecule has 1 aliphatic heterocycles. The molecule has 1 saturated carbocycles. The zero-order valence-corrected chi connectivity index (χ0v) is 10.7. The Morgan fingerprint density at radius 1 is 1.25 bits per heavy atom. The maximum Gasteiger partial charge on any atom is 0.0623 e. The molecule has 0 spiro atoms. The van der Waals surface area contributed by atoms with Crippen molar-refractivity contribution in [1.29, 1.82) is 0 Å². The normalized spacial score (nSPS) is 30.2. The van der Waals surface area contributed by atoms with Gasteiger partial charge in [0.15, 0.2) is 0 Å². The highest BCUT2D eigenvalue weighted by Crippen LogP contribution is 2.30. The second kappa shape index (κ2) is 5.99. The Balaban J connectivity index is 1.78. The second-order valence-corrected chi connectivity index (χ2v) is 5.40. The van der Waals surface area contributed by atoms with E-state index in [2.05, 4.69) is 24.2 Å². The van der Waals surface area contributed by atoms with Crippen LogP contribution >= 0.6 is 0 Å². The van der Waals surface area contributed by atoms with E-state index in [1.54, 1.807) is 0 Å². The minimum absolute atomic E-state index is 0.568. The van der Waals surface area contributed by atoms with E-state index in [1.165, 1.54) is 38.9 Å². The molecule has 0 aromatic heterocycles. The summed E-state index contributed by atoms with van der Waals surface area (Å²) in [5.41, 5.74) is 0. The third-order valence-electron chi connectivity index (χ3n) is 3.82. The first-order valence-electron chi connectivity index (χ1n) is 6.80. The maximum atomic E-state index is 5.57. The predicted octanol–water partition coefficient (Wildman–Crippen LogP) is 1.34. The molecule has 2 aliphatic rings. The highest BCUT2D eigenvalue weighted by atomic mass is 16.5. The van der Waals surface area contributed by atoms with Gasteiger partial charge in [-0.3, -0.25) is 0 Å². The van der Waals surface area contributed by atoms with Crippen molar-refractivity contribution in [3.8, 4) is 0 Å². The summed E-state index contributed by atoms with van der Waals surface area (Å²) in [7, 11) is 2.05. The number of hydrogen-bond acceptors (Lipinski definition) is 3. The van der Waals surface area contributed by atoms with Gasteiger partial charge in [0.25, 0.3) is 0 Å². The lowest BCUT2D eigenvalue weighted by Gasteiger charge is -2.27. The number of nitrogens with zero attached hydrogens (tertiary/aromatic N) is 1. The third kappa shape index (κ3) is 3.44. The number of likely N-dealkylation sites (N-methyl/N-ethyl adjacent to an activating group) is 1. The van der Waals surface area contributed by atoms with Crippen LogP contribution in [0.25, 0.3) is 0 Å². The van der Waals surface area contributed by atoms with Crippen LogP contribution in [0.15, 0.2) is 0 Å². The molecule has 0 bridgehead atoms. The van der Waals surface area contributed by atoms with Crippen LogP contribution in [0.1, 0.15) is 26.2 Å². The molecule has 94 valence electrons. The van der Waals surface area contributed by atoms with Crippen molar-refractivity contribution < 1.29 is 4.74 Å². The standard InChI is InChI=1S/C13H26N2O/c1-3-6-15(7-11-4-5-11)8-12-9-16-10-13(12)14-2/h11-14H,3-10H2,1-2H3. The average Bonchev–Trinajstić information content (AvgIpc) is 2.96. The van der Waals surface area contributed by atoms with Crippen LogP contribution in [0.5, 0.6) is 0 Å². The monoisotopic (exact) mass is 226 g/mol. The Bertz CT molecular complexity index is 206. The van der Waals surface area contributed by atoms with Gasteiger partial charge in [0.05, 0.1) is 13.2 Å². The molecule has 16 heavy (non-hydrogen) atoms. The highest BCUT2D eigenvalue weighted by Gasteiger charge is 2.30. The Labute approximate surface area is 99.5 Å². The van der Waals surface area contributed by atoms with Gasteiger partial charge in [0.1, 0.15) is 0 Å². The van der Waals surface area contributed by atoms with Gasteiger partial charge >= 0.3 is 0 Å². The van der Waals surface area contributed by atoms with Crippen molar-refractivity contribution in [1.82, 2.24) is 10.2 Å². The van der Waals surface area contributed by atoms with E-state index in [9.17, 15) is 0 Å². The summed E-state index contributed by atoms with van der Waals surface area (Å²) in [5, 5.41) is 3.38. The minimum Gasteiger partial charge on any atom is -0.379 e. The van der Waals surface area contributed by atoms with Crippen LogP contribution in [0.4, 0.5) is 0 Å². The molecule has 2 atom stereocenters. The summed E-state index contributed by atoms with van der Waals surface area (Å²) < 4.78 is 5.57. The van der Waals surface area contributed by atoms with Crippen LogP contribution in [0.3, 0.4) is 0 Å². The number of rotatable bonds is 7. The lowest BCUT2D eigenvalue weighted by Crippen LogP contribution is -2.41. The third-order valence-corrected chi connectivity index (χ3v) is 3.82. The summed E-state index contributed by atoms with van der Waals surface area (Å²) in [6.07, 6.45) is 4.18. The summed E-state index contributed by atoms with van der Waals surface area (Å²) in [5.74, 6) is 1.69. The van der Waals surface area contributed by atoms with Crippen LogP contribution in [0.2, 0.25) is 0 Å². The molecule has 2 rings (SSSR count). The first-order valence-corrected chi connectivity index (χ1v) is 6.80. The van der Waals surface area contributed by atoms with Gasteiger partial charge in [-0.15, -0.1) is 0 Å². The van der Waals surface area contributed by atoms with Crippen molar-refractivity contribution >= 4 is 0 Å². The lowest BCUT2D eigenvalue weighted by atomic mass is 10.0. The summed E-state index contributed by atoms with van der Waals surface area (Å²) >= 11 is 0. The largest absolute Gasteiger partial charge is 0.379 e. The molecule has 0 aromatic rings. The lowest BCUT2D eigenvalue weighted by molar-refractivity contribution is 0.165. The molecular weight excluding hydrogens is 200 g/mol. The van der Waals surface area contributed by atoms with Crippen LogP contribution in [0, 0.1) is 11.8 Å². The minimum atomic E-state index is 0.568. The van der Waals surface area contributed by atoms with E-state index in [1.807, 2.05) is 0 Å². The molecule has 3 heteroatoms. The van der Waals surface area contributed by atoms with E-state index in [0.717, 1.165) is 19.1 Å². The van der Waals surface area contributed by atoms with Crippen LogP contribution in [-0.2, 0) is 4.74 Å². The fourth-order valence-electron chi connectivity index (χ4n) is 2.67. The molecule has 2 unspecified atom stereocenters. The molecule has 1 N–H and O–H groups in total. The number of hydrogen-bond donors (Lipinski definition) is 1. The summed E-state index contributed by atoms with van der Waals surface area (Å²) in [6.45, 7) is 7.90. The molecule has 0 amide bonds. The summed E-state index contributed by atoms with van der Waals surface area (Å²) in [6, 6.07) is 0.568. The van der Waals surface area contributed by atoms with Gasteiger partial charge in [-0.05, 0) is 38.8 Å². The molecule has 1 saturated heterocycles. The molecule has 3 nitrogen and oxygen atoms in total. The van der Waals surface area contributed by atoms with Gasteiger partial charge in [0.2, 0.25) is 0 Å². The summed E-state index contributed by atoms with van der Waals surface area (Å²) in [4.78, 5) is 2.65. The molecule has 0 radical (unpaired) electrons. The predicted molar refractivity (Wildman–Crippen MR) is 66.6 cm³/mol. The quantitative estimate of drug-likeness (QED) is 0.709. The van der Waals surface area contributed by atoms with Crippen molar-refractivity contribution in [2.75, 3.05) is 39.9 Å². The number of nitrogens with one attached hydrogen (secondary N) is 1. The zero-order valence-electron chi connectivity index (χ0n) is 10.7. The van der Waals surface area contributed by atoms with Crippen molar-refractivity contribution in [3.63, 3.8) is 0 Å². The molecule has 1 aliphatic carbocycles. The molecule has 2 fully saturated rings. The zero-order chi connectivity index (χ0) is 11.4. The van der Waals surface area contributed by atoms with E-state index in [4.69, 9.17) is 4.74 Å². The Hall–Kier alpha value is -0.120. The van der Waals surface area contributed by atoms with Gasteiger partial charge in [-0.25, -0.2) is 0 Å². The van der Waals surface area contributed by atoms with Crippen LogP contribution < -0.4 is 5.32 Å². The van der Waals surface area contributed by atoms with E-state index >= 15 is 0 Å². The Morgan fingerprint density at radius 3 is 2.69 bits per heavy atom. The highest BCUT2D eigenvalue weighted by molar-refractivity contribution is 4.84. The van der Waals surface area contributed by atoms with Crippen molar-refractivity contribution in [2.45, 2.75) is 32.2 Å². The Kier molecular flexibility index (Phi) is 4.62. The molecule has 0 aromatic carbocycles. The van der Waals surface area contributed by atoms with Crippen molar-refractivity contribution in [2.24, 2.45) is 11.8 Å². The van der Waals surface area contributed by atoms with Gasteiger partial charge in [0, 0.05) is 25.0 Å². The topological polar surface area (TPSA) is 24.5 Å². The van der Waals surface area contributed by atoms with Crippen molar-refractivity contribution in [3.05, 3.63) is 0 Å². The average molecular weight is 226 g/mol. The van der Waals surface area contributed by atoms with E-state index in [-0.39, 0.29) is 0 Å². The van der Waals surface area contributed by atoms with E-state index in [0.29, 0.717) is 12.0 Å². The molecular formula is C13H26N2O. The van der Waals surface area contributed by atoms with Gasteiger partial charge < -0.3 is 15.0 Å². The maximum absolute atomic E-state index is 5.57. The fraction of sp³-hybridized carbons (Fsp3) is 1.00. The van der Waals surface area contributed by atoms with Crippen LogP contribution in [-0.4, -0.2) is 50.8 Å². The SMILES string of the molecule is CCCN(CC1CC1)CC1COCC1NC. The van der Waals surface area contributed by atoms with E-state index < -0.39 is 0 Å². The fourth-order valence-corrected chi connectivity index (χ4v) is 2.67. The Morgan fingerprint density at radius 2 is 2.06 bits per heavy atom. The van der Waals surface area contributed by atoms with Gasteiger partial charge in [-0.1, -0.05) is 6.92 Å². The first kappa shape index (κ1) is 12.3. The number of ether oxygens (including phenoxy) is 1. The van der Waals surface area contributed by atoms with Gasteiger partial charge in [-0.2, -0.15) is 0 Å². The first-order chi connectivity index (χ1) is 7.83. The molecule has 1 heterocycles.